The molecule has 0 aromatic carbocycles. The van der Waals surface area contributed by atoms with Crippen molar-refractivity contribution in [2.45, 2.75) is 25.4 Å². The zero-order chi connectivity index (χ0) is 7.52. The van der Waals surface area contributed by atoms with Crippen LogP contribution in [0.1, 0.15) is 19.3 Å². The van der Waals surface area contributed by atoms with Crippen LogP contribution in [0.15, 0.2) is 0 Å². The largest absolute Gasteiger partial charge is 0.381 e. The van der Waals surface area contributed by atoms with Crippen LogP contribution in [0.25, 0.3) is 0 Å². The summed E-state index contributed by atoms with van der Waals surface area (Å²) in [4.78, 5) is 0. The Morgan fingerprint density at radius 1 is 1.27 bits per heavy atom. The maximum atomic E-state index is 5.55. The van der Waals surface area contributed by atoms with Gasteiger partial charge in [0.25, 0.3) is 0 Å². The number of hydrogen-bond donors (Lipinski definition) is 0. The van der Waals surface area contributed by atoms with Gasteiger partial charge in [-0.3, -0.25) is 0 Å². The fourth-order valence-corrected chi connectivity index (χ4v) is 1.74. The molecule has 2 saturated heterocycles. The minimum atomic E-state index is 0.412. The Kier molecular flexibility index (Phi) is 2.44. The third-order valence-corrected chi connectivity index (χ3v) is 2.36. The molecule has 0 saturated carbocycles. The molecule has 0 aromatic rings. The van der Waals surface area contributed by atoms with Gasteiger partial charge in [-0.1, -0.05) is 0 Å². The second kappa shape index (κ2) is 3.55. The van der Waals surface area contributed by atoms with Crippen LogP contribution in [0.3, 0.4) is 0 Å². The smallest absolute Gasteiger partial charge is 0.0631 e. The van der Waals surface area contributed by atoms with E-state index >= 15 is 0 Å². The van der Waals surface area contributed by atoms with Crippen LogP contribution in [0.2, 0.25) is 0 Å². The minimum Gasteiger partial charge on any atom is -0.381 e. The molecule has 2 fully saturated rings. The van der Waals surface area contributed by atoms with E-state index in [4.69, 9.17) is 9.47 Å². The van der Waals surface area contributed by atoms with Crippen molar-refractivity contribution in [3.05, 3.63) is 6.42 Å². The lowest BCUT2D eigenvalue weighted by atomic mass is 9.94. The number of ether oxygens (including phenoxy) is 2. The molecule has 2 heteroatoms. The van der Waals surface area contributed by atoms with E-state index in [2.05, 4.69) is 6.42 Å². The summed E-state index contributed by atoms with van der Waals surface area (Å²) in [5.74, 6) is 0.450. The van der Waals surface area contributed by atoms with Gasteiger partial charge in [0.1, 0.15) is 0 Å². The topological polar surface area (TPSA) is 18.5 Å². The van der Waals surface area contributed by atoms with Crippen molar-refractivity contribution in [1.29, 1.82) is 0 Å². The van der Waals surface area contributed by atoms with Crippen molar-refractivity contribution in [1.82, 2.24) is 0 Å². The zero-order valence-corrected chi connectivity index (χ0v) is 6.71. The third-order valence-electron chi connectivity index (χ3n) is 2.36. The average molecular weight is 154 g/mol. The van der Waals surface area contributed by atoms with E-state index in [-0.39, 0.29) is 0 Å². The molecule has 11 heavy (non-hydrogen) atoms. The first-order valence-corrected chi connectivity index (χ1v) is 4.39. The van der Waals surface area contributed by atoms with E-state index in [1.165, 1.54) is 12.8 Å². The standard InChI is InChI=1S/C9H14O2/c1-3-8(7-10-5-1)9-4-2-6-11-9/h8-9H,1-2,4-7H2. The lowest BCUT2D eigenvalue weighted by molar-refractivity contribution is 0.00282. The van der Waals surface area contributed by atoms with Crippen molar-refractivity contribution in [3.63, 3.8) is 0 Å². The first-order valence-electron chi connectivity index (χ1n) is 4.39. The Balaban J connectivity index is 1.82. The fourth-order valence-electron chi connectivity index (χ4n) is 1.74. The van der Waals surface area contributed by atoms with E-state index < -0.39 is 0 Å². The summed E-state index contributed by atoms with van der Waals surface area (Å²) in [7, 11) is 0. The molecular weight excluding hydrogens is 140 g/mol. The molecule has 2 unspecified atom stereocenters. The molecule has 2 rings (SSSR count). The lowest BCUT2D eigenvalue weighted by Gasteiger charge is -2.25. The third kappa shape index (κ3) is 1.74. The highest BCUT2D eigenvalue weighted by Gasteiger charge is 2.27. The second-order valence-corrected chi connectivity index (χ2v) is 3.19. The summed E-state index contributed by atoms with van der Waals surface area (Å²) in [6, 6.07) is 0. The van der Waals surface area contributed by atoms with Gasteiger partial charge in [0.2, 0.25) is 0 Å². The van der Waals surface area contributed by atoms with Crippen LogP contribution in [-0.2, 0) is 9.47 Å². The van der Waals surface area contributed by atoms with Gasteiger partial charge in [0, 0.05) is 19.1 Å². The monoisotopic (exact) mass is 154 g/mol. The maximum absolute atomic E-state index is 5.55. The quantitative estimate of drug-likeness (QED) is 0.566. The normalized spacial score (nSPS) is 39.3. The molecule has 0 amide bonds. The average Bonchev–Trinajstić information content (AvgIpc) is 2.58. The minimum absolute atomic E-state index is 0.412. The van der Waals surface area contributed by atoms with E-state index in [1.54, 1.807) is 0 Å². The Morgan fingerprint density at radius 3 is 2.91 bits per heavy atom. The molecule has 0 aromatic heterocycles. The molecule has 2 heterocycles. The molecule has 0 spiro atoms. The van der Waals surface area contributed by atoms with E-state index in [0.29, 0.717) is 12.0 Å². The van der Waals surface area contributed by atoms with Crippen molar-refractivity contribution in [2.24, 2.45) is 5.92 Å². The van der Waals surface area contributed by atoms with Crippen LogP contribution >= 0.6 is 0 Å². The predicted octanol–water partition coefficient (Wildman–Crippen LogP) is 1.28. The van der Waals surface area contributed by atoms with E-state index in [9.17, 15) is 0 Å². The van der Waals surface area contributed by atoms with Crippen molar-refractivity contribution in [3.8, 4) is 0 Å². The Morgan fingerprint density at radius 2 is 2.27 bits per heavy atom. The molecule has 62 valence electrons. The highest BCUT2D eigenvalue weighted by atomic mass is 16.5. The highest BCUT2D eigenvalue weighted by molar-refractivity contribution is 4.87. The van der Waals surface area contributed by atoms with Gasteiger partial charge in [0.05, 0.1) is 12.7 Å². The highest BCUT2D eigenvalue weighted by Crippen LogP contribution is 2.25. The SMILES string of the molecule is [C]1CCOCC1C1CCCO1. The molecule has 2 atom stereocenters. The second-order valence-electron chi connectivity index (χ2n) is 3.19. The van der Waals surface area contributed by atoms with Crippen molar-refractivity contribution in [2.75, 3.05) is 19.8 Å². The van der Waals surface area contributed by atoms with Gasteiger partial charge in [-0.2, -0.15) is 0 Å². The van der Waals surface area contributed by atoms with Crippen LogP contribution in [0, 0.1) is 12.3 Å². The molecular formula is C9H14O2. The summed E-state index contributed by atoms with van der Waals surface area (Å²) < 4.78 is 10.9. The van der Waals surface area contributed by atoms with Gasteiger partial charge in [-0.25, -0.2) is 0 Å². The molecule has 2 aliphatic rings. The number of hydrogen-bond acceptors (Lipinski definition) is 2. The molecule has 0 bridgehead atoms. The Bertz CT molecular complexity index is 113. The zero-order valence-electron chi connectivity index (χ0n) is 6.71. The molecule has 2 radical (unpaired) electrons. The van der Waals surface area contributed by atoms with Gasteiger partial charge in [-0.05, 0) is 25.7 Å². The van der Waals surface area contributed by atoms with Crippen molar-refractivity contribution < 1.29 is 9.47 Å². The van der Waals surface area contributed by atoms with Gasteiger partial charge < -0.3 is 9.47 Å². The first-order chi connectivity index (χ1) is 5.47. The predicted molar refractivity (Wildman–Crippen MR) is 41.1 cm³/mol. The van der Waals surface area contributed by atoms with Gasteiger partial charge >= 0.3 is 0 Å². The molecule has 0 aliphatic carbocycles. The molecule has 0 N–H and O–H groups in total. The van der Waals surface area contributed by atoms with Gasteiger partial charge in [0.15, 0.2) is 0 Å². The number of rotatable bonds is 1. The van der Waals surface area contributed by atoms with Crippen LogP contribution in [0.4, 0.5) is 0 Å². The Labute approximate surface area is 67.9 Å². The maximum Gasteiger partial charge on any atom is 0.0631 e. The lowest BCUT2D eigenvalue weighted by Crippen LogP contribution is -2.28. The summed E-state index contributed by atoms with van der Waals surface area (Å²) in [6.07, 6.45) is 7.21. The van der Waals surface area contributed by atoms with E-state index in [1.807, 2.05) is 0 Å². The van der Waals surface area contributed by atoms with Crippen molar-refractivity contribution >= 4 is 0 Å². The summed E-state index contributed by atoms with van der Waals surface area (Å²) >= 11 is 0. The summed E-state index contributed by atoms with van der Waals surface area (Å²) in [6.45, 7) is 2.61. The fraction of sp³-hybridized carbons (Fsp3) is 0.889. The molecule has 2 nitrogen and oxygen atoms in total. The Hall–Kier alpha value is -0.0800. The molecule has 2 aliphatic heterocycles. The van der Waals surface area contributed by atoms with E-state index in [0.717, 1.165) is 26.2 Å². The van der Waals surface area contributed by atoms with Crippen LogP contribution in [0.5, 0.6) is 0 Å². The van der Waals surface area contributed by atoms with Gasteiger partial charge in [-0.15, -0.1) is 0 Å². The van der Waals surface area contributed by atoms with Crippen LogP contribution in [-0.4, -0.2) is 25.9 Å². The first kappa shape index (κ1) is 7.56. The summed E-state index contributed by atoms with van der Waals surface area (Å²) in [5, 5.41) is 0. The summed E-state index contributed by atoms with van der Waals surface area (Å²) in [5.41, 5.74) is 0. The van der Waals surface area contributed by atoms with Crippen LogP contribution < -0.4 is 0 Å².